The number of carboxylic acid groups (broad SMARTS) is 1. The Morgan fingerprint density at radius 2 is 1.44 bits per heavy atom. The summed E-state index contributed by atoms with van der Waals surface area (Å²) in [4.78, 5) is 33.4. The van der Waals surface area contributed by atoms with Crippen molar-refractivity contribution in [3.05, 3.63) is 47.5 Å². The van der Waals surface area contributed by atoms with Gasteiger partial charge in [0.25, 0.3) is 0 Å². The van der Waals surface area contributed by atoms with Gasteiger partial charge in [0.05, 0.1) is 6.16 Å². The Bertz CT molecular complexity index is 1040. The molecule has 0 spiro atoms. The van der Waals surface area contributed by atoms with Crippen LogP contribution in [0.4, 0.5) is 11.4 Å². The second-order valence-corrected chi connectivity index (χ2v) is 10.2. The van der Waals surface area contributed by atoms with E-state index in [1.807, 2.05) is 24.3 Å². The van der Waals surface area contributed by atoms with Crippen molar-refractivity contribution in [3.8, 4) is 11.5 Å². The van der Waals surface area contributed by atoms with Crippen LogP contribution in [-0.4, -0.2) is 53.2 Å². The van der Waals surface area contributed by atoms with E-state index in [9.17, 15) is 9.36 Å². The first-order chi connectivity index (χ1) is 15.3. The predicted molar refractivity (Wildman–Crippen MR) is 123 cm³/mol. The molecule has 0 unspecified atom stereocenters. The molecule has 0 atom stereocenters. The monoisotopic (exact) mass is 460 g/mol. The van der Waals surface area contributed by atoms with E-state index in [2.05, 4.69) is 21.9 Å². The minimum absolute atomic E-state index is 0.104. The fraction of sp³-hybridized carbons (Fsp3) is 0.435. The van der Waals surface area contributed by atoms with Crippen molar-refractivity contribution in [3.63, 3.8) is 0 Å². The highest BCUT2D eigenvalue weighted by atomic mass is 31.2. The zero-order chi connectivity index (χ0) is 22.7. The SMILES string of the molecule is O=C(O)CCCN1CCc2ccc(Oc3ccc4c(c3)N(CCCP(=O)(O)O)CC4)cc21. The third-order valence-electron chi connectivity index (χ3n) is 6.03. The van der Waals surface area contributed by atoms with Gasteiger partial charge in [-0.1, -0.05) is 12.1 Å². The summed E-state index contributed by atoms with van der Waals surface area (Å²) in [5, 5.41) is 8.88. The van der Waals surface area contributed by atoms with Crippen molar-refractivity contribution < 1.29 is 29.0 Å². The Morgan fingerprint density at radius 1 is 0.906 bits per heavy atom. The lowest BCUT2D eigenvalue weighted by atomic mass is 10.1. The molecule has 8 nitrogen and oxygen atoms in total. The molecule has 32 heavy (non-hydrogen) atoms. The second-order valence-electron chi connectivity index (χ2n) is 8.40. The molecule has 2 heterocycles. The zero-order valence-corrected chi connectivity index (χ0v) is 18.8. The number of nitrogens with zero attached hydrogens (tertiary/aromatic N) is 2. The lowest BCUT2D eigenvalue weighted by Crippen LogP contribution is -2.22. The average molecular weight is 460 g/mol. The normalized spacial score (nSPS) is 15.1. The van der Waals surface area contributed by atoms with Gasteiger partial charge in [-0.2, -0.15) is 0 Å². The van der Waals surface area contributed by atoms with Crippen LogP contribution in [0.1, 0.15) is 30.4 Å². The number of benzene rings is 2. The maximum Gasteiger partial charge on any atom is 0.325 e. The van der Waals surface area contributed by atoms with Crippen LogP contribution in [0, 0.1) is 0 Å². The average Bonchev–Trinajstić information content (AvgIpc) is 3.31. The van der Waals surface area contributed by atoms with Gasteiger partial charge < -0.3 is 29.4 Å². The fourth-order valence-electron chi connectivity index (χ4n) is 4.47. The maximum atomic E-state index is 11.1. The Morgan fingerprint density at radius 3 is 1.94 bits per heavy atom. The first kappa shape index (κ1) is 22.6. The number of carbonyl (C=O) groups is 1. The van der Waals surface area contributed by atoms with Crippen LogP contribution in [0.3, 0.4) is 0 Å². The van der Waals surface area contributed by atoms with Crippen LogP contribution in [-0.2, 0) is 22.2 Å². The molecule has 0 aromatic heterocycles. The number of hydrogen-bond donors (Lipinski definition) is 3. The molecule has 2 aromatic rings. The van der Waals surface area contributed by atoms with Crippen molar-refractivity contribution >= 4 is 24.9 Å². The van der Waals surface area contributed by atoms with Crippen molar-refractivity contribution in [1.29, 1.82) is 0 Å². The highest BCUT2D eigenvalue weighted by Crippen LogP contribution is 2.38. The van der Waals surface area contributed by atoms with E-state index in [0.717, 1.165) is 48.8 Å². The molecule has 172 valence electrons. The van der Waals surface area contributed by atoms with Crippen LogP contribution in [0.2, 0.25) is 0 Å². The Balaban J connectivity index is 1.42. The Kier molecular flexibility index (Phi) is 6.74. The standard InChI is InChI=1S/C23H29N2O6P/c26-23(27)3-1-10-24-12-8-17-4-6-19(15-21(17)24)31-20-7-5-18-9-13-25(22(18)16-20)11-2-14-32(28,29)30/h4-7,15-16H,1-3,8-14H2,(H,26,27)(H2,28,29,30). The van der Waals surface area contributed by atoms with E-state index < -0.39 is 13.6 Å². The van der Waals surface area contributed by atoms with Crippen LogP contribution in [0.5, 0.6) is 11.5 Å². The predicted octanol–water partition coefficient (Wildman–Crippen LogP) is 3.64. The summed E-state index contributed by atoms with van der Waals surface area (Å²) in [6, 6.07) is 12.1. The summed E-state index contributed by atoms with van der Waals surface area (Å²) in [5.41, 5.74) is 4.63. The van der Waals surface area contributed by atoms with Gasteiger partial charge in [0.2, 0.25) is 0 Å². The number of fused-ring (bicyclic) bond motifs is 2. The van der Waals surface area contributed by atoms with Crippen molar-refractivity contribution in [2.75, 3.05) is 42.1 Å². The summed E-state index contributed by atoms with van der Waals surface area (Å²) in [7, 11) is -3.97. The van der Waals surface area contributed by atoms with Crippen LogP contribution >= 0.6 is 7.60 Å². The summed E-state index contributed by atoms with van der Waals surface area (Å²) in [6.07, 6.45) is 2.98. The lowest BCUT2D eigenvalue weighted by Gasteiger charge is -2.21. The molecule has 0 saturated heterocycles. The third kappa shape index (κ3) is 5.63. The molecule has 0 bridgehead atoms. The van der Waals surface area contributed by atoms with Gasteiger partial charge in [0.1, 0.15) is 11.5 Å². The van der Waals surface area contributed by atoms with E-state index in [-0.39, 0.29) is 12.6 Å². The van der Waals surface area contributed by atoms with Crippen molar-refractivity contribution in [2.45, 2.75) is 32.1 Å². The molecule has 2 aromatic carbocycles. The van der Waals surface area contributed by atoms with Gasteiger partial charge in [-0.3, -0.25) is 9.36 Å². The van der Waals surface area contributed by atoms with Gasteiger partial charge in [0.15, 0.2) is 0 Å². The first-order valence-electron chi connectivity index (χ1n) is 11.0. The smallest absolute Gasteiger partial charge is 0.325 e. The summed E-state index contributed by atoms with van der Waals surface area (Å²) < 4.78 is 17.3. The van der Waals surface area contributed by atoms with Crippen LogP contribution in [0.25, 0.3) is 0 Å². The Labute approximate surface area is 187 Å². The van der Waals surface area contributed by atoms with Gasteiger partial charge >= 0.3 is 13.6 Å². The summed E-state index contributed by atoms with van der Waals surface area (Å²) in [5.74, 6) is 0.690. The zero-order valence-electron chi connectivity index (χ0n) is 17.9. The molecule has 0 amide bonds. The fourth-order valence-corrected chi connectivity index (χ4v) is 5.02. The molecule has 4 rings (SSSR count). The molecule has 0 radical (unpaired) electrons. The van der Waals surface area contributed by atoms with Crippen molar-refractivity contribution in [2.24, 2.45) is 0 Å². The number of carboxylic acids is 1. The highest BCUT2D eigenvalue weighted by molar-refractivity contribution is 7.51. The van der Waals surface area contributed by atoms with Gasteiger partial charge in [0, 0.05) is 56.1 Å². The number of hydrogen-bond acceptors (Lipinski definition) is 5. The molecule has 2 aliphatic rings. The number of aliphatic carboxylic acids is 1. The molecule has 0 aliphatic carbocycles. The highest BCUT2D eigenvalue weighted by Gasteiger charge is 2.22. The molecule has 3 N–H and O–H groups in total. The summed E-state index contributed by atoms with van der Waals surface area (Å²) in [6.45, 7) is 3.04. The topological polar surface area (TPSA) is 111 Å². The second kappa shape index (κ2) is 9.53. The maximum absolute atomic E-state index is 11.1. The lowest BCUT2D eigenvalue weighted by molar-refractivity contribution is -0.137. The van der Waals surface area contributed by atoms with E-state index in [1.165, 1.54) is 11.1 Å². The van der Waals surface area contributed by atoms with Gasteiger partial charge in [-0.05, 0) is 48.9 Å². The molecule has 0 saturated carbocycles. The first-order valence-corrected chi connectivity index (χ1v) is 12.8. The molecular formula is C23H29N2O6P. The Hall–Kier alpha value is -2.54. The van der Waals surface area contributed by atoms with E-state index in [0.29, 0.717) is 25.9 Å². The number of rotatable bonds is 10. The van der Waals surface area contributed by atoms with Gasteiger partial charge in [-0.25, -0.2) is 0 Å². The van der Waals surface area contributed by atoms with Crippen LogP contribution < -0.4 is 14.5 Å². The largest absolute Gasteiger partial charge is 0.481 e. The quantitative estimate of drug-likeness (QED) is 0.461. The molecule has 9 heteroatoms. The summed E-state index contributed by atoms with van der Waals surface area (Å²) >= 11 is 0. The number of ether oxygens (including phenoxy) is 1. The molecule has 0 fully saturated rings. The minimum Gasteiger partial charge on any atom is -0.481 e. The van der Waals surface area contributed by atoms with Crippen LogP contribution in [0.15, 0.2) is 36.4 Å². The van der Waals surface area contributed by atoms with Crippen molar-refractivity contribution in [1.82, 2.24) is 0 Å². The molecule has 2 aliphatic heterocycles. The van der Waals surface area contributed by atoms with E-state index >= 15 is 0 Å². The third-order valence-corrected chi connectivity index (χ3v) is 6.93. The van der Waals surface area contributed by atoms with E-state index in [1.54, 1.807) is 0 Å². The molecular weight excluding hydrogens is 431 g/mol. The van der Waals surface area contributed by atoms with Gasteiger partial charge in [-0.15, -0.1) is 0 Å². The van der Waals surface area contributed by atoms with E-state index in [4.69, 9.17) is 19.6 Å². The minimum atomic E-state index is -3.97. The number of anilines is 2.